The number of hydrogen-bond acceptors (Lipinski definition) is 3. The van der Waals surface area contributed by atoms with Gasteiger partial charge in [-0.1, -0.05) is 30.3 Å². The minimum absolute atomic E-state index is 0.174. The Kier molecular flexibility index (Phi) is 4.90. The number of nitrogens with one attached hydrogen (secondary N) is 1. The van der Waals surface area contributed by atoms with Gasteiger partial charge in [0.05, 0.1) is 13.2 Å². The largest absolute Gasteiger partial charge is 0.378 e. The summed E-state index contributed by atoms with van der Waals surface area (Å²) in [4.78, 5) is 25.4. The summed E-state index contributed by atoms with van der Waals surface area (Å²) in [5.74, 6) is -0.429. The smallest absolute Gasteiger partial charge is 0.270 e. The Morgan fingerprint density at radius 3 is 2.45 bits per heavy atom. The maximum Gasteiger partial charge on any atom is 0.270 e. The lowest BCUT2D eigenvalue weighted by Gasteiger charge is -2.27. The number of rotatable bonds is 3. The molecule has 1 aromatic rings. The zero-order valence-corrected chi connectivity index (χ0v) is 11.5. The van der Waals surface area contributed by atoms with Crippen LogP contribution in [0.5, 0.6) is 0 Å². The maximum atomic E-state index is 12.4. The predicted molar refractivity (Wildman–Crippen MR) is 75.6 cm³/mol. The molecule has 5 nitrogen and oxygen atoms in total. The van der Waals surface area contributed by atoms with Gasteiger partial charge in [0.2, 0.25) is 5.91 Å². The highest BCUT2D eigenvalue weighted by Crippen LogP contribution is 2.09. The summed E-state index contributed by atoms with van der Waals surface area (Å²) in [5, 5.41) is 2.62. The van der Waals surface area contributed by atoms with Crippen molar-refractivity contribution in [3.05, 3.63) is 41.6 Å². The van der Waals surface area contributed by atoms with Crippen LogP contribution in [0.25, 0.3) is 6.08 Å². The van der Waals surface area contributed by atoms with Gasteiger partial charge >= 0.3 is 0 Å². The first-order valence-corrected chi connectivity index (χ1v) is 6.58. The summed E-state index contributed by atoms with van der Waals surface area (Å²) >= 11 is 0. The van der Waals surface area contributed by atoms with Crippen LogP contribution >= 0.6 is 0 Å². The topological polar surface area (TPSA) is 58.6 Å². The Morgan fingerprint density at radius 1 is 1.20 bits per heavy atom. The van der Waals surface area contributed by atoms with E-state index in [1.165, 1.54) is 6.92 Å². The van der Waals surface area contributed by atoms with E-state index in [4.69, 9.17) is 4.74 Å². The molecule has 1 aromatic carbocycles. The molecule has 0 unspecified atom stereocenters. The molecule has 1 saturated heterocycles. The number of carbonyl (C=O) groups excluding carboxylic acids is 2. The molecule has 0 radical (unpaired) electrons. The zero-order valence-electron chi connectivity index (χ0n) is 11.5. The van der Waals surface area contributed by atoms with Crippen molar-refractivity contribution in [1.82, 2.24) is 10.2 Å². The third-order valence-corrected chi connectivity index (χ3v) is 2.95. The van der Waals surface area contributed by atoms with E-state index >= 15 is 0 Å². The van der Waals surface area contributed by atoms with E-state index in [-0.39, 0.29) is 11.8 Å². The highest BCUT2D eigenvalue weighted by molar-refractivity contribution is 6.00. The minimum Gasteiger partial charge on any atom is -0.378 e. The number of nitrogens with zero attached hydrogens (tertiary/aromatic N) is 1. The predicted octanol–water partition coefficient (Wildman–Crippen LogP) is 1.02. The number of amides is 2. The lowest BCUT2D eigenvalue weighted by atomic mass is 10.2. The van der Waals surface area contributed by atoms with Gasteiger partial charge in [-0.15, -0.1) is 0 Å². The standard InChI is InChI=1S/C15H18N2O3/c1-12(18)16-14(11-13-5-3-2-4-6-13)15(19)17-7-9-20-10-8-17/h2-6,11H,7-10H2,1H3,(H,16,18)/b14-11+. The lowest BCUT2D eigenvalue weighted by Crippen LogP contribution is -2.44. The molecule has 106 valence electrons. The van der Waals surface area contributed by atoms with E-state index in [9.17, 15) is 9.59 Å². The van der Waals surface area contributed by atoms with Crippen LogP contribution in [0.2, 0.25) is 0 Å². The Hall–Kier alpha value is -2.14. The summed E-state index contributed by atoms with van der Waals surface area (Å²) in [6.07, 6.45) is 1.69. The average molecular weight is 274 g/mol. The monoisotopic (exact) mass is 274 g/mol. The summed E-state index contributed by atoms with van der Waals surface area (Å²) < 4.78 is 5.23. The average Bonchev–Trinajstić information content (AvgIpc) is 2.47. The first-order valence-electron chi connectivity index (χ1n) is 6.58. The molecule has 1 N–H and O–H groups in total. The van der Waals surface area contributed by atoms with Gasteiger partial charge in [0.25, 0.3) is 5.91 Å². The van der Waals surface area contributed by atoms with Gasteiger partial charge in [-0.3, -0.25) is 9.59 Å². The SMILES string of the molecule is CC(=O)N/C(=C/c1ccccc1)C(=O)N1CCOCC1. The quantitative estimate of drug-likeness (QED) is 0.837. The zero-order chi connectivity index (χ0) is 14.4. The molecule has 1 heterocycles. The maximum absolute atomic E-state index is 12.4. The fourth-order valence-corrected chi connectivity index (χ4v) is 1.99. The number of benzene rings is 1. The van der Waals surface area contributed by atoms with Gasteiger partial charge in [0.15, 0.2) is 0 Å². The van der Waals surface area contributed by atoms with Crippen LogP contribution in [0.4, 0.5) is 0 Å². The number of hydrogen-bond donors (Lipinski definition) is 1. The Bertz CT molecular complexity index is 505. The minimum atomic E-state index is -0.256. The molecule has 0 bridgehead atoms. The van der Waals surface area contributed by atoms with E-state index in [2.05, 4.69) is 5.32 Å². The molecule has 1 aliphatic rings. The van der Waals surface area contributed by atoms with E-state index in [1.54, 1.807) is 11.0 Å². The van der Waals surface area contributed by atoms with Gasteiger partial charge < -0.3 is 15.0 Å². The second-order valence-electron chi connectivity index (χ2n) is 4.55. The number of ether oxygens (including phenoxy) is 1. The van der Waals surface area contributed by atoms with Crippen LogP contribution < -0.4 is 5.32 Å². The van der Waals surface area contributed by atoms with E-state index in [1.807, 2.05) is 30.3 Å². The van der Waals surface area contributed by atoms with Crippen LogP contribution in [0.15, 0.2) is 36.0 Å². The normalized spacial score (nSPS) is 15.8. The first kappa shape index (κ1) is 14.3. The van der Waals surface area contributed by atoms with Gasteiger partial charge in [0, 0.05) is 20.0 Å². The Balaban J connectivity index is 2.20. The number of carbonyl (C=O) groups is 2. The molecule has 2 amide bonds. The molecule has 0 aromatic heterocycles. The third kappa shape index (κ3) is 3.93. The van der Waals surface area contributed by atoms with Crippen molar-refractivity contribution >= 4 is 17.9 Å². The van der Waals surface area contributed by atoms with E-state index < -0.39 is 0 Å². The van der Waals surface area contributed by atoms with Crippen LogP contribution in [-0.2, 0) is 14.3 Å². The van der Waals surface area contributed by atoms with Gasteiger partial charge in [-0.25, -0.2) is 0 Å². The van der Waals surface area contributed by atoms with Crippen LogP contribution in [0, 0.1) is 0 Å². The van der Waals surface area contributed by atoms with Gasteiger partial charge in [-0.2, -0.15) is 0 Å². The van der Waals surface area contributed by atoms with E-state index in [0.29, 0.717) is 32.0 Å². The fraction of sp³-hybridized carbons (Fsp3) is 0.333. The van der Waals surface area contributed by atoms with Crippen LogP contribution in [-0.4, -0.2) is 43.0 Å². The van der Waals surface area contributed by atoms with Crippen molar-refractivity contribution in [2.45, 2.75) is 6.92 Å². The van der Waals surface area contributed by atoms with Gasteiger partial charge in [0.1, 0.15) is 5.70 Å². The summed E-state index contributed by atoms with van der Waals surface area (Å²) in [6, 6.07) is 9.44. The third-order valence-electron chi connectivity index (χ3n) is 2.95. The highest BCUT2D eigenvalue weighted by atomic mass is 16.5. The van der Waals surface area contributed by atoms with Crippen LogP contribution in [0.3, 0.4) is 0 Å². The molecule has 0 aliphatic carbocycles. The highest BCUT2D eigenvalue weighted by Gasteiger charge is 2.21. The molecule has 0 atom stereocenters. The molecular weight excluding hydrogens is 256 g/mol. The van der Waals surface area contributed by atoms with Crippen molar-refractivity contribution in [1.29, 1.82) is 0 Å². The summed E-state index contributed by atoms with van der Waals surface area (Å²) in [5.41, 5.74) is 1.17. The van der Waals surface area contributed by atoms with Crippen molar-refractivity contribution in [3.63, 3.8) is 0 Å². The lowest BCUT2D eigenvalue weighted by molar-refractivity contribution is -0.132. The van der Waals surface area contributed by atoms with E-state index in [0.717, 1.165) is 5.56 Å². The molecule has 2 rings (SSSR count). The fourth-order valence-electron chi connectivity index (χ4n) is 1.99. The molecule has 0 spiro atoms. The van der Waals surface area contributed by atoms with Crippen LogP contribution in [0.1, 0.15) is 12.5 Å². The molecular formula is C15H18N2O3. The van der Waals surface area contributed by atoms with Crippen molar-refractivity contribution in [3.8, 4) is 0 Å². The summed E-state index contributed by atoms with van der Waals surface area (Å²) in [6.45, 7) is 3.55. The first-order chi connectivity index (χ1) is 9.66. The van der Waals surface area contributed by atoms with Crippen molar-refractivity contribution in [2.24, 2.45) is 0 Å². The molecule has 5 heteroatoms. The van der Waals surface area contributed by atoms with Crippen molar-refractivity contribution < 1.29 is 14.3 Å². The van der Waals surface area contributed by atoms with Crippen molar-refractivity contribution in [2.75, 3.05) is 26.3 Å². The summed E-state index contributed by atoms with van der Waals surface area (Å²) in [7, 11) is 0. The number of morpholine rings is 1. The molecule has 20 heavy (non-hydrogen) atoms. The molecule has 1 aliphatic heterocycles. The Morgan fingerprint density at radius 2 is 1.85 bits per heavy atom. The Labute approximate surface area is 118 Å². The second-order valence-corrected chi connectivity index (χ2v) is 4.55. The van der Waals surface area contributed by atoms with Gasteiger partial charge in [-0.05, 0) is 11.6 Å². The molecule has 1 fully saturated rings. The second kappa shape index (κ2) is 6.86. The molecule has 0 saturated carbocycles.